The number of benzene rings is 1. The lowest BCUT2D eigenvalue weighted by atomic mass is 10.0. The van der Waals surface area contributed by atoms with Crippen molar-refractivity contribution in [3.63, 3.8) is 0 Å². The maximum atomic E-state index is 11.9. The number of carbonyl (C=O) groups excluding carboxylic acids is 1. The van der Waals surface area contributed by atoms with Crippen molar-refractivity contribution in [3.8, 4) is 0 Å². The first-order valence-electron chi connectivity index (χ1n) is 6.96. The van der Waals surface area contributed by atoms with Gasteiger partial charge >= 0.3 is 5.97 Å². The molecule has 1 aromatic carbocycles. The molecule has 1 heterocycles. The van der Waals surface area contributed by atoms with Gasteiger partial charge in [-0.2, -0.15) is 0 Å². The van der Waals surface area contributed by atoms with E-state index in [1.54, 1.807) is 0 Å². The van der Waals surface area contributed by atoms with E-state index in [1.807, 2.05) is 25.1 Å². The Bertz CT molecular complexity index is 475. The molecule has 1 atom stereocenters. The Labute approximate surface area is 133 Å². The fourth-order valence-electron chi connectivity index (χ4n) is 2.64. The molecule has 0 bridgehead atoms. The summed E-state index contributed by atoms with van der Waals surface area (Å²) < 4.78 is 6.06. The molecule has 2 rings (SSSR count). The Morgan fingerprint density at radius 1 is 1.45 bits per heavy atom. The Morgan fingerprint density at radius 2 is 2.15 bits per heavy atom. The van der Waals surface area contributed by atoms with Crippen molar-refractivity contribution < 1.29 is 9.53 Å². The molecule has 1 aliphatic rings. The first kappa shape index (κ1) is 15.8. The molecule has 0 spiro atoms. The quantitative estimate of drug-likeness (QED) is 0.737. The zero-order valence-electron chi connectivity index (χ0n) is 11.6. The molecule has 1 aliphatic heterocycles. The molecule has 0 radical (unpaired) electrons. The molecule has 0 saturated carbocycles. The highest BCUT2D eigenvalue weighted by Gasteiger charge is 2.27. The van der Waals surface area contributed by atoms with Crippen molar-refractivity contribution in [2.45, 2.75) is 32.2 Å². The van der Waals surface area contributed by atoms with Crippen LogP contribution in [0.3, 0.4) is 0 Å². The lowest BCUT2D eigenvalue weighted by Crippen LogP contribution is -2.28. The normalized spacial score (nSPS) is 17.1. The minimum absolute atomic E-state index is 0.0585. The third kappa shape index (κ3) is 3.96. The monoisotopic (exact) mass is 359 g/mol. The van der Waals surface area contributed by atoms with E-state index in [-0.39, 0.29) is 12.0 Å². The van der Waals surface area contributed by atoms with Crippen LogP contribution in [-0.4, -0.2) is 30.6 Å². The maximum Gasteiger partial charge on any atom is 0.307 e. The van der Waals surface area contributed by atoms with Crippen molar-refractivity contribution in [1.29, 1.82) is 0 Å². The van der Waals surface area contributed by atoms with Gasteiger partial charge in [0.05, 0.1) is 13.0 Å². The Hall–Kier alpha value is -0.580. The minimum Gasteiger partial charge on any atom is -0.466 e. The van der Waals surface area contributed by atoms with Crippen LogP contribution in [-0.2, 0) is 9.53 Å². The number of nitrogens with zero attached hydrogens (tertiary/aromatic N) is 1. The molecule has 0 aliphatic carbocycles. The van der Waals surface area contributed by atoms with E-state index in [1.165, 1.54) is 12.8 Å². The SMILES string of the molecule is CCOC(=O)CC(c1ccc(Cl)cc1Br)N1CCCC1. The van der Waals surface area contributed by atoms with E-state index < -0.39 is 0 Å². The van der Waals surface area contributed by atoms with Gasteiger partial charge < -0.3 is 4.74 Å². The average Bonchev–Trinajstić information content (AvgIpc) is 2.90. The van der Waals surface area contributed by atoms with Gasteiger partial charge in [0, 0.05) is 15.5 Å². The summed E-state index contributed by atoms with van der Waals surface area (Å²) in [4.78, 5) is 14.2. The molecule has 1 saturated heterocycles. The molecule has 0 aromatic heterocycles. The van der Waals surface area contributed by atoms with E-state index >= 15 is 0 Å². The molecule has 5 heteroatoms. The van der Waals surface area contributed by atoms with E-state index in [9.17, 15) is 4.79 Å². The molecule has 20 heavy (non-hydrogen) atoms. The standard InChI is InChI=1S/C15H19BrClNO2/c1-2-20-15(19)10-14(18-7-3-4-8-18)12-6-5-11(17)9-13(12)16/h5-6,9,14H,2-4,7-8,10H2,1H3. The number of hydrogen-bond acceptors (Lipinski definition) is 3. The van der Waals surface area contributed by atoms with Gasteiger partial charge in [0.2, 0.25) is 0 Å². The Balaban J connectivity index is 2.22. The summed E-state index contributed by atoms with van der Waals surface area (Å²) in [7, 11) is 0. The first-order valence-corrected chi connectivity index (χ1v) is 8.13. The number of carbonyl (C=O) groups is 1. The van der Waals surface area contributed by atoms with Gasteiger partial charge in [-0.3, -0.25) is 9.69 Å². The second-order valence-electron chi connectivity index (χ2n) is 4.93. The largest absolute Gasteiger partial charge is 0.466 e. The van der Waals surface area contributed by atoms with Crippen molar-refractivity contribution in [3.05, 3.63) is 33.3 Å². The summed E-state index contributed by atoms with van der Waals surface area (Å²) >= 11 is 9.56. The summed E-state index contributed by atoms with van der Waals surface area (Å²) in [6.07, 6.45) is 2.75. The molecular formula is C15H19BrClNO2. The van der Waals surface area contributed by atoms with Gasteiger partial charge in [0.1, 0.15) is 0 Å². The van der Waals surface area contributed by atoms with Gasteiger partial charge in [0.25, 0.3) is 0 Å². The van der Waals surface area contributed by atoms with Crippen LogP contribution in [0.25, 0.3) is 0 Å². The van der Waals surface area contributed by atoms with E-state index in [0.29, 0.717) is 18.1 Å². The second-order valence-corrected chi connectivity index (χ2v) is 6.22. The van der Waals surface area contributed by atoms with Crippen molar-refractivity contribution in [2.24, 2.45) is 0 Å². The zero-order valence-corrected chi connectivity index (χ0v) is 13.9. The number of hydrogen-bond donors (Lipinski definition) is 0. The van der Waals surface area contributed by atoms with Crippen LogP contribution in [0, 0.1) is 0 Å². The van der Waals surface area contributed by atoms with Gasteiger partial charge in [-0.15, -0.1) is 0 Å². The molecule has 0 N–H and O–H groups in total. The lowest BCUT2D eigenvalue weighted by Gasteiger charge is -2.28. The predicted molar refractivity (Wildman–Crippen MR) is 84.0 cm³/mol. The summed E-state index contributed by atoms with van der Waals surface area (Å²) in [6.45, 7) is 4.31. The predicted octanol–water partition coefficient (Wildman–Crippen LogP) is 4.19. The van der Waals surface area contributed by atoms with E-state index in [0.717, 1.165) is 23.1 Å². The second kappa shape index (κ2) is 7.43. The van der Waals surface area contributed by atoms with Crippen LogP contribution in [0.2, 0.25) is 5.02 Å². The third-order valence-electron chi connectivity index (χ3n) is 3.57. The summed E-state index contributed by atoms with van der Waals surface area (Å²) in [6, 6.07) is 5.80. The van der Waals surface area contributed by atoms with E-state index in [4.69, 9.17) is 16.3 Å². The highest BCUT2D eigenvalue weighted by molar-refractivity contribution is 9.10. The molecule has 110 valence electrons. The van der Waals surface area contributed by atoms with Crippen molar-refractivity contribution >= 4 is 33.5 Å². The highest BCUT2D eigenvalue weighted by atomic mass is 79.9. The van der Waals surface area contributed by atoms with Gasteiger partial charge in [0.15, 0.2) is 0 Å². The number of esters is 1. The summed E-state index contributed by atoms with van der Waals surface area (Å²) in [5, 5.41) is 0.692. The van der Waals surface area contributed by atoms with Crippen LogP contribution >= 0.6 is 27.5 Å². The lowest BCUT2D eigenvalue weighted by molar-refractivity contribution is -0.144. The average molecular weight is 361 g/mol. The van der Waals surface area contributed by atoms with Gasteiger partial charge in [-0.05, 0) is 50.6 Å². The van der Waals surface area contributed by atoms with Gasteiger partial charge in [-0.1, -0.05) is 33.6 Å². The molecule has 1 unspecified atom stereocenters. The Morgan fingerprint density at radius 3 is 2.75 bits per heavy atom. The topological polar surface area (TPSA) is 29.5 Å². The van der Waals surface area contributed by atoms with Crippen molar-refractivity contribution in [1.82, 2.24) is 4.90 Å². The first-order chi connectivity index (χ1) is 9.61. The molecular weight excluding hydrogens is 342 g/mol. The van der Waals surface area contributed by atoms with Crippen LogP contribution in [0.5, 0.6) is 0 Å². The fraction of sp³-hybridized carbons (Fsp3) is 0.533. The maximum absolute atomic E-state index is 11.9. The fourth-order valence-corrected chi connectivity index (χ4v) is 3.59. The zero-order chi connectivity index (χ0) is 14.5. The smallest absolute Gasteiger partial charge is 0.307 e. The number of ether oxygens (including phenoxy) is 1. The summed E-state index contributed by atoms with van der Waals surface area (Å²) in [5.74, 6) is -0.147. The number of rotatable bonds is 5. The Kier molecular flexibility index (Phi) is 5.87. The van der Waals surface area contributed by atoms with Crippen molar-refractivity contribution in [2.75, 3.05) is 19.7 Å². The van der Waals surface area contributed by atoms with Crippen LogP contribution < -0.4 is 0 Å². The number of halogens is 2. The highest BCUT2D eigenvalue weighted by Crippen LogP contribution is 2.34. The minimum atomic E-state index is -0.147. The molecule has 0 amide bonds. The van der Waals surface area contributed by atoms with Crippen LogP contribution in [0.15, 0.2) is 22.7 Å². The van der Waals surface area contributed by atoms with Crippen LogP contribution in [0.1, 0.15) is 37.8 Å². The summed E-state index contributed by atoms with van der Waals surface area (Å²) in [5.41, 5.74) is 1.10. The van der Waals surface area contributed by atoms with Gasteiger partial charge in [-0.25, -0.2) is 0 Å². The molecule has 1 aromatic rings. The van der Waals surface area contributed by atoms with E-state index in [2.05, 4.69) is 20.8 Å². The third-order valence-corrected chi connectivity index (χ3v) is 4.49. The molecule has 1 fully saturated rings. The van der Waals surface area contributed by atoms with Crippen LogP contribution in [0.4, 0.5) is 0 Å². The number of likely N-dealkylation sites (tertiary alicyclic amines) is 1. The molecule has 3 nitrogen and oxygen atoms in total.